The Morgan fingerprint density at radius 1 is 1.35 bits per heavy atom. The minimum atomic E-state index is -0.288. The summed E-state index contributed by atoms with van der Waals surface area (Å²) in [6, 6.07) is 7.29. The number of carbonyl (C=O) groups is 1. The van der Waals surface area contributed by atoms with Crippen molar-refractivity contribution in [1.29, 1.82) is 0 Å². The van der Waals surface area contributed by atoms with Gasteiger partial charge < -0.3 is 16.0 Å². The molecule has 0 aliphatic rings. The molecule has 1 unspecified atom stereocenters. The predicted molar refractivity (Wildman–Crippen MR) is 88.0 cm³/mol. The molecule has 0 radical (unpaired) electrons. The molecule has 4 nitrogen and oxygen atoms in total. The van der Waals surface area contributed by atoms with Crippen molar-refractivity contribution in [2.24, 2.45) is 11.7 Å². The van der Waals surface area contributed by atoms with Crippen molar-refractivity contribution in [2.75, 3.05) is 18.5 Å². The number of thiocarbonyl (C=S) groups is 1. The molecule has 0 heterocycles. The fraction of sp³-hybridized carbons (Fsp3) is 0.467. The lowest BCUT2D eigenvalue weighted by Gasteiger charge is -2.28. The van der Waals surface area contributed by atoms with Gasteiger partial charge in [-0.3, -0.25) is 4.79 Å². The molecular weight excluding hydrogens is 270 g/mol. The third-order valence-electron chi connectivity index (χ3n) is 3.19. The molecule has 3 N–H and O–H groups in total. The molecule has 0 aliphatic carbocycles. The summed E-state index contributed by atoms with van der Waals surface area (Å²) in [4.78, 5) is 14.4. The Morgan fingerprint density at radius 2 is 1.95 bits per heavy atom. The van der Waals surface area contributed by atoms with Crippen LogP contribution in [-0.2, 0) is 4.79 Å². The quantitative estimate of drug-likeness (QED) is 0.787. The highest BCUT2D eigenvalue weighted by Gasteiger charge is 2.20. The molecule has 1 atom stereocenters. The lowest BCUT2D eigenvalue weighted by Crippen LogP contribution is -2.44. The van der Waals surface area contributed by atoms with Gasteiger partial charge in [-0.05, 0) is 25.0 Å². The van der Waals surface area contributed by atoms with Crippen LogP contribution in [0.15, 0.2) is 24.3 Å². The molecule has 110 valence electrons. The Labute approximate surface area is 126 Å². The van der Waals surface area contributed by atoms with E-state index in [0.29, 0.717) is 17.5 Å². The summed E-state index contributed by atoms with van der Waals surface area (Å²) in [5.41, 5.74) is 7.38. The minimum Gasteiger partial charge on any atom is -0.389 e. The maximum atomic E-state index is 12.1. The van der Waals surface area contributed by atoms with Gasteiger partial charge >= 0.3 is 0 Å². The number of hydrogen-bond acceptors (Lipinski definition) is 3. The van der Waals surface area contributed by atoms with Gasteiger partial charge in [-0.2, -0.15) is 0 Å². The van der Waals surface area contributed by atoms with E-state index in [1.165, 1.54) is 0 Å². The van der Waals surface area contributed by atoms with Gasteiger partial charge in [-0.25, -0.2) is 0 Å². The zero-order chi connectivity index (χ0) is 15.3. The van der Waals surface area contributed by atoms with Crippen LogP contribution in [-0.4, -0.2) is 30.5 Å². The fourth-order valence-electron chi connectivity index (χ4n) is 1.83. The highest BCUT2D eigenvalue weighted by atomic mass is 32.1. The Kier molecular flexibility index (Phi) is 5.95. The number of benzene rings is 1. The van der Waals surface area contributed by atoms with Gasteiger partial charge in [0.1, 0.15) is 11.0 Å². The molecular formula is C15H23N3OS. The van der Waals surface area contributed by atoms with Crippen molar-refractivity contribution in [1.82, 2.24) is 5.32 Å². The molecule has 0 fully saturated rings. The van der Waals surface area contributed by atoms with Gasteiger partial charge in [-0.1, -0.05) is 38.2 Å². The molecule has 0 saturated heterocycles. The zero-order valence-corrected chi connectivity index (χ0v) is 13.3. The van der Waals surface area contributed by atoms with Gasteiger partial charge in [0.05, 0.1) is 0 Å². The Hall–Kier alpha value is -1.62. The van der Waals surface area contributed by atoms with Crippen LogP contribution >= 0.6 is 12.2 Å². The average Bonchev–Trinajstić information content (AvgIpc) is 2.42. The minimum absolute atomic E-state index is 0.000979. The highest BCUT2D eigenvalue weighted by Crippen LogP contribution is 2.21. The number of likely N-dealkylation sites (N-methyl/N-ethyl adjacent to an activating group) is 1. The molecule has 0 aliphatic heterocycles. The van der Waals surface area contributed by atoms with Crippen LogP contribution in [0.5, 0.6) is 0 Å². The number of anilines is 1. The van der Waals surface area contributed by atoms with Crippen LogP contribution in [0, 0.1) is 5.92 Å². The zero-order valence-electron chi connectivity index (χ0n) is 12.5. The van der Waals surface area contributed by atoms with Gasteiger partial charge in [-0.15, -0.1) is 0 Å². The van der Waals surface area contributed by atoms with E-state index in [2.05, 4.69) is 19.2 Å². The summed E-state index contributed by atoms with van der Waals surface area (Å²) in [5.74, 6) is 0.430. The van der Waals surface area contributed by atoms with Crippen molar-refractivity contribution in [3.63, 3.8) is 0 Å². The number of para-hydroxylation sites is 1. The number of hydrogen-bond donors (Lipinski definition) is 2. The summed E-state index contributed by atoms with van der Waals surface area (Å²) >= 11 is 5.06. The van der Waals surface area contributed by atoms with Crippen molar-refractivity contribution < 1.29 is 4.79 Å². The SMILES string of the molecule is CC(C)CNC(=O)C(C)N(C)c1ccccc1C(N)=S. The maximum Gasteiger partial charge on any atom is 0.242 e. The number of nitrogens with one attached hydrogen (secondary N) is 1. The third-order valence-corrected chi connectivity index (χ3v) is 3.41. The number of nitrogens with zero attached hydrogens (tertiary/aromatic N) is 1. The van der Waals surface area contributed by atoms with E-state index in [1.54, 1.807) is 0 Å². The molecule has 1 aromatic carbocycles. The van der Waals surface area contributed by atoms with Crippen LogP contribution in [0.25, 0.3) is 0 Å². The first-order chi connectivity index (χ1) is 9.34. The summed E-state index contributed by atoms with van der Waals surface area (Å²) < 4.78 is 0. The van der Waals surface area contributed by atoms with Crippen molar-refractivity contribution in [3.05, 3.63) is 29.8 Å². The highest BCUT2D eigenvalue weighted by molar-refractivity contribution is 7.80. The van der Waals surface area contributed by atoms with E-state index in [0.717, 1.165) is 11.3 Å². The first-order valence-electron chi connectivity index (χ1n) is 6.74. The van der Waals surface area contributed by atoms with Crippen LogP contribution in [0.2, 0.25) is 0 Å². The standard InChI is InChI=1S/C15H23N3OS/c1-10(2)9-17-15(19)11(3)18(4)13-8-6-5-7-12(13)14(16)20/h5-8,10-11H,9H2,1-4H3,(H2,16,20)(H,17,19). The fourth-order valence-corrected chi connectivity index (χ4v) is 2.00. The van der Waals surface area contributed by atoms with Gasteiger partial charge in [0.2, 0.25) is 5.91 Å². The molecule has 0 bridgehead atoms. The average molecular weight is 293 g/mol. The molecule has 1 rings (SSSR count). The molecule has 1 amide bonds. The second kappa shape index (κ2) is 7.24. The Bertz CT molecular complexity index is 488. The van der Waals surface area contributed by atoms with Crippen molar-refractivity contribution >= 4 is 28.8 Å². The number of rotatable bonds is 6. The maximum absolute atomic E-state index is 12.1. The van der Waals surface area contributed by atoms with Gasteiger partial charge in [0.25, 0.3) is 0 Å². The summed E-state index contributed by atoms with van der Waals surface area (Å²) in [6.45, 7) is 6.67. The van der Waals surface area contributed by atoms with Crippen molar-refractivity contribution in [2.45, 2.75) is 26.8 Å². The van der Waals surface area contributed by atoms with E-state index < -0.39 is 0 Å². The Balaban J connectivity index is 2.86. The lowest BCUT2D eigenvalue weighted by atomic mass is 10.1. The van der Waals surface area contributed by atoms with Crippen LogP contribution < -0.4 is 16.0 Å². The van der Waals surface area contributed by atoms with Gasteiger partial charge in [0.15, 0.2) is 0 Å². The van der Waals surface area contributed by atoms with E-state index in [-0.39, 0.29) is 11.9 Å². The largest absolute Gasteiger partial charge is 0.389 e. The van der Waals surface area contributed by atoms with Crippen LogP contribution in [0.1, 0.15) is 26.3 Å². The van der Waals surface area contributed by atoms with Crippen molar-refractivity contribution in [3.8, 4) is 0 Å². The van der Waals surface area contributed by atoms with Gasteiger partial charge in [0, 0.05) is 24.8 Å². The third kappa shape index (κ3) is 4.20. The molecule has 0 saturated carbocycles. The number of amides is 1. The molecule has 1 aromatic rings. The molecule has 0 spiro atoms. The van der Waals surface area contributed by atoms with Crippen LogP contribution in [0.3, 0.4) is 0 Å². The topological polar surface area (TPSA) is 58.4 Å². The smallest absolute Gasteiger partial charge is 0.242 e. The van der Waals surface area contributed by atoms with E-state index in [4.69, 9.17) is 18.0 Å². The summed E-state index contributed by atoms with van der Waals surface area (Å²) in [6.07, 6.45) is 0. The Morgan fingerprint density at radius 3 is 2.50 bits per heavy atom. The molecule has 20 heavy (non-hydrogen) atoms. The second-order valence-electron chi connectivity index (χ2n) is 5.31. The second-order valence-corrected chi connectivity index (χ2v) is 5.75. The monoisotopic (exact) mass is 293 g/mol. The first kappa shape index (κ1) is 16.4. The van der Waals surface area contributed by atoms with E-state index >= 15 is 0 Å². The van der Waals surface area contributed by atoms with E-state index in [9.17, 15) is 4.79 Å². The molecule has 0 aromatic heterocycles. The number of nitrogens with two attached hydrogens (primary N) is 1. The summed E-state index contributed by atoms with van der Waals surface area (Å²) in [7, 11) is 1.87. The molecule has 5 heteroatoms. The normalized spacial score (nSPS) is 12.1. The summed E-state index contributed by atoms with van der Waals surface area (Å²) in [5, 5.41) is 2.94. The van der Waals surface area contributed by atoms with Crippen LogP contribution in [0.4, 0.5) is 5.69 Å². The first-order valence-corrected chi connectivity index (χ1v) is 7.14. The predicted octanol–water partition coefficient (Wildman–Crippen LogP) is 1.92. The van der Waals surface area contributed by atoms with E-state index in [1.807, 2.05) is 43.1 Å². The number of carbonyl (C=O) groups excluding carboxylic acids is 1. The lowest BCUT2D eigenvalue weighted by molar-refractivity contribution is -0.122.